The molecule has 0 spiro atoms. The number of nitro groups is 1. The minimum atomic E-state index is -0.613. The lowest BCUT2D eigenvalue weighted by Gasteiger charge is -2.28. The number of nitrogens with zero attached hydrogens (tertiary/aromatic N) is 2. The molecule has 5 heteroatoms. The molecule has 0 saturated heterocycles. The van der Waals surface area contributed by atoms with Gasteiger partial charge in [0.15, 0.2) is 0 Å². The van der Waals surface area contributed by atoms with Gasteiger partial charge in [0.2, 0.25) is 0 Å². The van der Waals surface area contributed by atoms with E-state index in [0.717, 1.165) is 44.6 Å². The van der Waals surface area contributed by atoms with E-state index in [1.165, 1.54) is 18.6 Å². The zero-order chi connectivity index (χ0) is 15.3. The highest BCUT2D eigenvalue weighted by Crippen LogP contribution is 2.37. The molecule has 0 radical (unpaired) electrons. The van der Waals surface area contributed by atoms with Crippen LogP contribution in [-0.2, 0) is 6.42 Å². The smallest absolute Gasteiger partial charge is 0.258 e. The minimum absolute atomic E-state index is 0.246. The number of nitriles is 1. The van der Waals surface area contributed by atoms with Gasteiger partial charge >= 0.3 is 0 Å². The van der Waals surface area contributed by atoms with Crippen LogP contribution < -0.4 is 0 Å². The van der Waals surface area contributed by atoms with Crippen molar-refractivity contribution in [2.45, 2.75) is 51.4 Å². The number of non-ortho nitro benzene ring substituents is 1. The molecule has 1 aliphatic rings. The summed E-state index contributed by atoms with van der Waals surface area (Å²) in [7, 11) is 0. The van der Waals surface area contributed by atoms with Gasteiger partial charge in [0.25, 0.3) is 5.69 Å². The molecule has 4 nitrogen and oxygen atoms in total. The SMILES string of the molecule is N#CC1(Cc2cc(F)cc([N+](=O)[O-])c2)CCCCCCC1. The van der Waals surface area contributed by atoms with Crippen molar-refractivity contribution >= 4 is 5.69 Å². The molecule has 1 fully saturated rings. The van der Waals surface area contributed by atoms with Gasteiger partial charge in [0, 0.05) is 6.07 Å². The summed E-state index contributed by atoms with van der Waals surface area (Å²) in [6.45, 7) is 0. The molecule has 0 amide bonds. The largest absolute Gasteiger partial charge is 0.272 e. The second kappa shape index (κ2) is 6.66. The third-order valence-corrected chi connectivity index (χ3v) is 4.24. The number of halogens is 1. The van der Waals surface area contributed by atoms with Crippen LogP contribution in [0.1, 0.15) is 50.5 Å². The van der Waals surface area contributed by atoms with Gasteiger partial charge in [0.05, 0.1) is 22.5 Å². The van der Waals surface area contributed by atoms with Crippen LogP contribution in [0, 0.1) is 32.7 Å². The standard InChI is InChI=1S/C16H19FN2O2/c17-14-8-13(9-15(10-14)19(20)21)11-16(12-18)6-4-2-1-3-5-7-16/h8-10H,1-7,11H2. The fourth-order valence-corrected chi connectivity index (χ4v) is 3.14. The van der Waals surface area contributed by atoms with E-state index >= 15 is 0 Å². The van der Waals surface area contributed by atoms with E-state index in [1.807, 2.05) is 0 Å². The average Bonchev–Trinajstić information content (AvgIpc) is 2.41. The lowest BCUT2D eigenvalue weighted by molar-refractivity contribution is -0.385. The van der Waals surface area contributed by atoms with Gasteiger partial charge in [0.1, 0.15) is 5.82 Å². The summed E-state index contributed by atoms with van der Waals surface area (Å²) in [5.74, 6) is -0.613. The van der Waals surface area contributed by atoms with Crippen molar-refractivity contribution in [3.63, 3.8) is 0 Å². The molecule has 0 aromatic heterocycles. The Kier molecular flexibility index (Phi) is 4.89. The first-order valence-electron chi connectivity index (χ1n) is 7.40. The van der Waals surface area contributed by atoms with E-state index in [2.05, 4.69) is 6.07 Å². The van der Waals surface area contributed by atoms with Crippen molar-refractivity contribution in [3.05, 3.63) is 39.7 Å². The molecule has 0 heterocycles. The molecule has 1 aromatic rings. The summed E-state index contributed by atoms with van der Waals surface area (Å²) >= 11 is 0. The Labute approximate surface area is 123 Å². The Balaban J connectivity index is 2.25. The highest BCUT2D eigenvalue weighted by atomic mass is 19.1. The van der Waals surface area contributed by atoms with E-state index in [9.17, 15) is 19.8 Å². The molecule has 2 rings (SSSR count). The normalized spacial score (nSPS) is 18.3. The molecule has 1 aromatic carbocycles. The maximum atomic E-state index is 13.5. The molecular formula is C16H19FN2O2. The van der Waals surface area contributed by atoms with Gasteiger partial charge in [-0.05, 0) is 30.9 Å². The van der Waals surface area contributed by atoms with Gasteiger partial charge in [-0.25, -0.2) is 4.39 Å². The van der Waals surface area contributed by atoms with Gasteiger partial charge in [-0.2, -0.15) is 5.26 Å². The van der Waals surface area contributed by atoms with Crippen LogP contribution in [0.5, 0.6) is 0 Å². The van der Waals surface area contributed by atoms with Gasteiger partial charge in [-0.3, -0.25) is 10.1 Å². The van der Waals surface area contributed by atoms with Crippen LogP contribution in [0.2, 0.25) is 0 Å². The fourth-order valence-electron chi connectivity index (χ4n) is 3.14. The predicted octanol–water partition coefficient (Wildman–Crippen LogP) is 4.53. The highest BCUT2D eigenvalue weighted by molar-refractivity contribution is 5.36. The first-order valence-corrected chi connectivity index (χ1v) is 7.40. The maximum Gasteiger partial charge on any atom is 0.272 e. The van der Waals surface area contributed by atoms with Crippen LogP contribution >= 0.6 is 0 Å². The third-order valence-electron chi connectivity index (χ3n) is 4.24. The summed E-state index contributed by atoms with van der Waals surface area (Å²) in [4.78, 5) is 10.2. The summed E-state index contributed by atoms with van der Waals surface area (Å²) in [6.07, 6.45) is 7.38. The van der Waals surface area contributed by atoms with Crippen molar-refractivity contribution in [2.75, 3.05) is 0 Å². The summed E-state index contributed by atoms with van der Waals surface area (Å²) in [6, 6.07) is 6.03. The van der Waals surface area contributed by atoms with Gasteiger partial charge in [-0.1, -0.05) is 32.1 Å². The molecule has 0 N–H and O–H groups in total. The Bertz CT molecular complexity index is 558. The van der Waals surface area contributed by atoms with Crippen molar-refractivity contribution in [2.24, 2.45) is 5.41 Å². The number of rotatable bonds is 3. The monoisotopic (exact) mass is 290 g/mol. The molecular weight excluding hydrogens is 271 g/mol. The second-order valence-corrected chi connectivity index (χ2v) is 5.91. The first-order chi connectivity index (χ1) is 10.0. The first kappa shape index (κ1) is 15.4. The average molecular weight is 290 g/mol. The predicted molar refractivity (Wildman–Crippen MR) is 77.1 cm³/mol. The van der Waals surface area contributed by atoms with Crippen LogP contribution in [0.15, 0.2) is 18.2 Å². The summed E-state index contributed by atoms with van der Waals surface area (Å²) in [5, 5.41) is 20.4. The third kappa shape index (κ3) is 4.01. The number of hydrogen-bond donors (Lipinski definition) is 0. The van der Waals surface area contributed by atoms with E-state index in [0.29, 0.717) is 12.0 Å². The van der Waals surface area contributed by atoms with Crippen molar-refractivity contribution in [1.29, 1.82) is 5.26 Å². The van der Waals surface area contributed by atoms with Crippen LogP contribution in [0.25, 0.3) is 0 Å². The van der Waals surface area contributed by atoms with Crippen molar-refractivity contribution in [1.82, 2.24) is 0 Å². The van der Waals surface area contributed by atoms with E-state index in [1.54, 1.807) is 0 Å². The summed E-state index contributed by atoms with van der Waals surface area (Å²) < 4.78 is 13.5. The molecule has 0 bridgehead atoms. The molecule has 21 heavy (non-hydrogen) atoms. The van der Waals surface area contributed by atoms with E-state index in [-0.39, 0.29) is 5.69 Å². The Hall–Kier alpha value is -1.96. The summed E-state index contributed by atoms with van der Waals surface area (Å²) in [5.41, 5.74) is -0.213. The van der Waals surface area contributed by atoms with Crippen LogP contribution in [0.4, 0.5) is 10.1 Å². The van der Waals surface area contributed by atoms with Crippen molar-refractivity contribution < 1.29 is 9.31 Å². The highest BCUT2D eigenvalue weighted by Gasteiger charge is 2.31. The van der Waals surface area contributed by atoms with Crippen molar-refractivity contribution in [3.8, 4) is 6.07 Å². The fraction of sp³-hybridized carbons (Fsp3) is 0.562. The van der Waals surface area contributed by atoms with E-state index in [4.69, 9.17) is 0 Å². The molecule has 0 atom stereocenters. The van der Waals surface area contributed by atoms with E-state index < -0.39 is 16.2 Å². The molecule has 1 saturated carbocycles. The Morgan fingerprint density at radius 3 is 2.38 bits per heavy atom. The van der Waals surface area contributed by atoms with Crippen LogP contribution in [-0.4, -0.2) is 4.92 Å². The van der Waals surface area contributed by atoms with Crippen LogP contribution in [0.3, 0.4) is 0 Å². The Morgan fingerprint density at radius 1 is 1.19 bits per heavy atom. The maximum absolute atomic E-state index is 13.5. The Morgan fingerprint density at radius 2 is 1.81 bits per heavy atom. The zero-order valence-corrected chi connectivity index (χ0v) is 12.0. The topological polar surface area (TPSA) is 66.9 Å². The van der Waals surface area contributed by atoms with Gasteiger partial charge in [-0.15, -0.1) is 0 Å². The van der Waals surface area contributed by atoms with Gasteiger partial charge < -0.3 is 0 Å². The lowest BCUT2D eigenvalue weighted by atomic mass is 9.73. The molecule has 1 aliphatic carbocycles. The molecule has 112 valence electrons. The zero-order valence-electron chi connectivity index (χ0n) is 12.0. The molecule has 0 unspecified atom stereocenters. The molecule has 0 aliphatic heterocycles. The minimum Gasteiger partial charge on any atom is -0.258 e. The number of hydrogen-bond acceptors (Lipinski definition) is 3. The second-order valence-electron chi connectivity index (χ2n) is 5.91. The lowest BCUT2D eigenvalue weighted by Crippen LogP contribution is -2.23. The quantitative estimate of drug-likeness (QED) is 0.606. The number of benzene rings is 1. The number of nitro benzene ring substituents is 1.